The summed E-state index contributed by atoms with van der Waals surface area (Å²) in [4.78, 5) is 15.0. The molecule has 0 aromatic heterocycles. The van der Waals surface area contributed by atoms with Crippen molar-refractivity contribution in [2.45, 2.75) is 32.9 Å². The van der Waals surface area contributed by atoms with Crippen LogP contribution in [0.1, 0.15) is 29.5 Å². The van der Waals surface area contributed by atoms with Gasteiger partial charge in [0.25, 0.3) is 0 Å². The number of methoxy groups -OCH3 is 1. The van der Waals surface area contributed by atoms with Crippen molar-refractivity contribution in [1.82, 2.24) is 10.2 Å². The number of hydrogen-bond donors (Lipinski definition) is 1. The van der Waals surface area contributed by atoms with Gasteiger partial charge in [0.15, 0.2) is 0 Å². The third kappa shape index (κ3) is 6.45. The molecule has 1 heterocycles. The van der Waals surface area contributed by atoms with Gasteiger partial charge in [-0.3, -0.25) is 14.0 Å². The predicted octanol–water partition coefficient (Wildman–Crippen LogP) is 2.68. The number of aryl methyl sites for hydroxylation is 1. The monoisotopic (exact) mass is 445 g/mol. The second-order valence-corrected chi connectivity index (χ2v) is 9.93. The highest BCUT2D eigenvalue weighted by Crippen LogP contribution is 2.30. The molecule has 2 aromatic rings. The Balaban J connectivity index is 1.62. The SMILES string of the molecule is COc1ccc(C)cc1N(CC(=O)NCc1ccc(CN2CCCC2)cc1)S(C)(=O)=O. The van der Waals surface area contributed by atoms with Crippen LogP contribution in [-0.4, -0.2) is 52.2 Å². The molecule has 31 heavy (non-hydrogen) atoms. The van der Waals surface area contributed by atoms with E-state index in [2.05, 4.69) is 22.3 Å². The van der Waals surface area contributed by atoms with Gasteiger partial charge in [-0.15, -0.1) is 0 Å². The van der Waals surface area contributed by atoms with Crippen molar-refractivity contribution in [2.24, 2.45) is 0 Å². The van der Waals surface area contributed by atoms with Crippen LogP contribution in [0.2, 0.25) is 0 Å². The van der Waals surface area contributed by atoms with Crippen molar-refractivity contribution in [2.75, 3.05) is 37.3 Å². The molecule has 0 atom stereocenters. The highest BCUT2D eigenvalue weighted by Gasteiger charge is 2.24. The Morgan fingerprint density at radius 3 is 2.35 bits per heavy atom. The molecule has 168 valence electrons. The maximum atomic E-state index is 12.6. The van der Waals surface area contributed by atoms with Crippen molar-refractivity contribution in [3.63, 3.8) is 0 Å². The first-order valence-corrected chi connectivity index (χ1v) is 12.3. The Labute approximate surface area is 185 Å². The van der Waals surface area contributed by atoms with Crippen LogP contribution in [0.3, 0.4) is 0 Å². The Morgan fingerprint density at radius 1 is 1.10 bits per heavy atom. The predicted molar refractivity (Wildman–Crippen MR) is 123 cm³/mol. The maximum absolute atomic E-state index is 12.6. The number of amides is 1. The van der Waals surface area contributed by atoms with Gasteiger partial charge in [-0.25, -0.2) is 8.42 Å². The van der Waals surface area contributed by atoms with E-state index in [9.17, 15) is 13.2 Å². The summed E-state index contributed by atoms with van der Waals surface area (Å²) in [6.07, 6.45) is 3.62. The normalized spacial score (nSPS) is 14.4. The van der Waals surface area contributed by atoms with Gasteiger partial charge in [0.1, 0.15) is 12.3 Å². The highest BCUT2D eigenvalue weighted by molar-refractivity contribution is 7.92. The fourth-order valence-corrected chi connectivity index (χ4v) is 4.58. The number of nitrogens with one attached hydrogen (secondary N) is 1. The number of benzene rings is 2. The largest absolute Gasteiger partial charge is 0.495 e. The molecule has 1 fully saturated rings. The molecule has 1 amide bonds. The van der Waals surface area contributed by atoms with Gasteiger partial charge >= 0.3 is 0 Å². The van der Waals surface area contributed by atoms with Crippen molar-refractivity contribution in [1.29, 1.82) is 0 Å². The zero-order valence-corrected chi connectivity index (χ0v) is 19.2. The van der Waals surface area contributed by atoms with E-state index in [0.717, 1.165) is 41.3 Å². The minimum absolute atomic E-state index is 0.314. The summed E-state index contributed by atoms with van der Waals surface area (Å²) in [6.45, 7) is 5.14. The van der Waals surface area contributed by atoms with Crippen LogP contribution in [0.4, 0.5) is 5.69 Å². The third-order valence-electron chi connectivity index (χ3n) is 5.41. The Hall–Kier alpha value is -2.58. The fourth-order valence-electron chi connectivity index (χ4n) is 3.72. The van der Waals surface area contributed by atoms with Crippen LogP contribution in [-0.2, 0) is 27.9 Å². The van der Waals surface area contributed by atoms with Gasteiger partial charge in [0, 0.05) is 13.1 Å². The first-order valence-electron chi connectivity index (χ1n) is 10.5. The highest BCUT2D eigenvalue weighted by atomic mass is 32.2. The molecule has 7 nitrogen and oxygen atoms in total. The van der Waals surface area contributed by atoms with Crippen LogP contribution in [0.15, 0.2) is 42.5 Å². The Bertz CT molecular complexity index is 1000. The van der Waals surface area contributed by atoms with Gasteiger partial charge in [0.2, 0.25) is 15.9 Å². The van der Waals surface area contributed by atoms with E-state index in [4.69, 9.17) is 4.74 Å². The molecule has 0 bridgehead atoms. The van der Waals surface area contributed by atoms with E-state index < -0.39 is 10.0 Å². The minimum atomic E-state index is -3.67. The molecule has 0 saturated carbocycles. The Morgan fingerprint density at radius 2 is 1.74 bits per heavy atom. The minimum Gasteiger partial charge on any atom is -0.495 e. The summed E-state index contributed by atoms with van der Waals surface area (Å²) >= 11 is 0. The number of likely N-dealkylation sites (tertiary alicyclic amines) is 1. The van der Waals surface area contributed by atoms with Crippen LogP contribution in [0.5, 0.6) is 5.75 Å². The lowest BCUT2D eigenvalue weighted by molar-refractivity contribution is -0.119. The third-order valence-corrected chi connectivity index (χ3v) is 6.53. The summed E-state index contributed by atoms with van der Waals surface area (Å²) in [7, 11) is -2.20. The van der Waals surface area contributed by atoms with E-state index in [1.54, 1.807) is 12.1 Å². The molecular weight excluding hydrogens is 414 g/mol. The van der Waals surface area contributed by atoms with Crippen molar-refractivity contribution >= 4 is 21.6 Å². The summed E-state index contributed by atoms with van der Waals surface area (Å²) in [6, 6.07) is 13.4. The van der Waals surface area contributed by atoms with Gasteiger partial charge in [0.05, 0.1) is 19.1 Å². The molecule has 1 N–H and O–H groups in total. The molecule has 0 unspecified atom stereocenters. The molecule has 0 aliphatic carbocycles. The smallest absolute Gasteiger partial charge is 0.241 e. The number of nitrogens with zero attached hydrogens (tertiary/aromatic N) is 2. The van der Waals surface area contributed by atoms with E-state index in [1.807, 2.05) is 25.1 Å². The lowest BCUT2D eigenvalue weighted by Crippen LogP contribution is -2.40. The molecule has 0 spiro atoms. The molecule has 8 heteroatoms. The topological polar surface area (TPSA) is 79.0 Å². The molecule has 0 radical (unpaired) electrons. The Kier molecular flexibility index (Phi) is 7.56. The number of carbonyl (C=O) groups is 1. The standard InChI is InChI=1S/C23H31N3O4S/c1-18-6-11-22(30-2)21(14-18)26(31(3,28)29)17-23(27)24-15-19-7-9-20(10-8-19)16-25-12-4-5-13-25/h6-11,14H,4-5,12-13,15-17H2,1-3H3,(H,24,27). The van der Waals surface area contributed by atoms with Crippen LogP contribution < -0.4 is 14.4 Å². The number of rotatable bonds is 9. The molecular formula is C23H31N3O4S. The number of anilines is 1. The van der Waals surface area contributed by atoms with Gasteiger partial charge in [-0.05, 0) is 61.7 Å². The fraction of sp³-hybridized carbons (Fsp3) is 0.435. The number of ether oxygens (including phenoxy) is 1. The van der Waals surface area contributed by atoms with E-state index in [0.29, 0.717) is 18.0 Å². The van der Waals surface area contributed by atoms with E-state index >= 15 is 0 Å². The van der Waals surface area contributed by atoms with Gasteiger partial charge in [-0.2, -0.15) is 0 Å². The lowest BCUT2D eigenvalue weighted by atomic mass is 10.1. The number of hydrogen-bond acceptors (Lipinski definition) is 5. The second kappa shape index (κ2) is 10.2. The summed E-state index contributed by atoms with van der Waals surface area (Å²) in [5, 5.41) is 2.82. The van der Waals surface area contributed by atoms with E-state index in [-0.39, 0.29) is 12.5 Å². The molecule has 1 aliphatic rings. The van der Waals surface area contributed by atoms with Gasteiger partial charge < -0.3 is 10.1 Å². The second-order valence-electron chi connectivity index (χ2n) is 8.02. The van der Waals surface area contributed by atoms with Crippen LogP contribution >= 0.6 is 0 Å². The zero-order valence-electron chi connectivity index (χ0n) is 18.4. The lowest BCUT2D eigenvalue weighted by Gasteiger charge is -2.24. The molecule has 2 aromatic carbocycles. The zero-order chi connectivity index (χ0) is 22.4. The molecule has 3 rings (SSSR count). The number of sulfonamides is 1. The van der Waals surface area contributed by atoms with Crippen molar-refractivity contribution in [3.05, 3.63) is 59.2 Å². The number of carbonyl (C=O) groups excluding carboxylic acids is 1. The van der Waals surface area contributed by atoms with Gasteiger partial charge in [-0.1, -0.05) is 30.3 Å². The van der Waals surface area contributed by atoms with Crippen molar-refractivity contribution in [3.8, 4) is 5.75 Å². The first kappa shape index (κ1) is 23.1. The average molecular weight is 446 g/mol. The van der Waals surface area contributed by atoms with E-state index in [1.165, 1.54) is 25.5 Å². The van der Waals surface area contributed by atoms with Crippen molar-refractivity contribution < 1.29 is 17.9 Å². The molecule has 1 aliphatic heterocycles. The quantitative estimate of drug-likeness (QED) is 0.642. The summed E-state index contributed by atoms with van der Waals surface area (Å²) in [5.41, 5.74) is 3.45. The maximum Gasteiger partial charge on any atom is 0.241 e. The summed E-state index contributed by atoms with van der Waals surface area (Å²) in [5.74, 6) is 0.0209. The average Bonchev–Trinajstić information content (AvgIpc) is 3.23. The van der Waals surface area contributed by atoms with Crippen LogP contribution in [0.25, 0.3) is 0 Å². The first-order chi connectivity index (χ1) is 14.8. The summed E-state index contributed by atoms with van der Waals surface area (Å²) < 4.78 is 31.2. The van der Waals surface area contributed by atoms with Crippen LogP contribution in [0, 0.1) is 6.92 Å². The molecule has 1 saturated heterocycles.